The van der Waals surface area contributed by atoms with Crippen LogP contribution >= 0.6 is 11.6 Å². The van der Waals surface area contributed by atoms with E-state index in [1.54, 1.807) is 0 Å². The van der Waals surface area contributed by atoms with Crippen LogP contribution in [0.4, 0.5) is 32.0 Å². The molecule has 3 N–H and O–H groups in total. The van der Waals surface area contributed by atoms with Gasteiger partial charge in [-0.25, -0.2) is 9.59 Å². The maximum atomic E-state index is 15.4. The van der Waals surface area contributed by atoms with Gasteiger partial charge < -0.3 is 25.0 Å². The number of aromatic amines is 1. The predicted octanol–water partition coefficient (Wildman–Crippen LogP) is 9.89. The van der Waals surface area contributed by atoms with E-state index in [0.29, 0.717) is 12.5 Å². The summed E-state index contributed by atoms with van der Waals surface area (Å²) >= 11 is 6.53. The molecule has 0 radical (unpaired) electrons. The van der Waals surface area contributed by atoms with E-state index in [9.17, 15) is 26.3 Å². The van der Waals surface area contributed by atoms with Gasteiger partial charge in [-0.3, -0.25) is 9.69 Å². The van der Waals surface area contributed by atoms with E-state index in [1.165, 1.54) is 22.1 Å². The second kappa shape index (κ2) is 22.6. The number of carboxylic acids is 2. The number of hydrogen-bond donors (Lipinski definition) is 3. The number of amides is 1. The van der Waals surface area contributed by atoms with Crippen molar-refractivity contribution < 1.29 is 50.9 Å². The topological polar surface area (TPSA) is 117 Å². The highest BCUT2D eigenvalue weighted by Gasteiger charge is 2.40. The first kappa shape index (κ1) is 49.3. The second-order valence-corrected chi connectivity index (χ2v) is 15.8. The summed E-state index contributed by atoms with van der Waals surface area (Å²) in [6, 6.07) is 35.6. The van der Waals surface area contributed by atoms with Crippen molar-refractivity contribution in [1.82, 2.24) is 14.8 Å². The fourth-order valence-electron chi connectivity index (χ4n) is 7.70. The lowest BCUT2D eigenvalue weighted by Crippen LogP contribution is -2.54. The quantitative estimate of drug-likeness (QED) is 0.0951. The molecule has 1 aromatic heterocycles. The van der Waals surface area contributed by atoms with Crippen LogP contribution in [-0.2, 0) is 33.6 Å². The van der Waals surface area contributed by atoms with Gasteiger partial charge in [0, 0.05) is 46.8 Å². The molecule has 0 fully saturated rings. The lowest BCUT2D eigenvalue weighted by Gasteiger charge is -2.42. The van der Waals surface area contributed by atoms with Gasteiger partial charge in [0.2, 0.25) is 5.91 Å². The highest BCUT2D eigenvalue weighted by atomic mass is 35.5. The molecular weight excluding hydrogens is 838 g/mol. The number of nitrogens with one attached hydrogen (secondary N) is 1. The van der Waals surface area contributed by atoms with Crippen LogP contribution in [0.15, 0.2) is 109 Å². The fourth-order valence-corrected chi connectivity index (χ4v) is 7.89. The van der Waals surface area contributed by atoms with E-state index >= 15 is 4.79 Å². The summed E-state index contributed by atoms with van der Waals surface area (Å²) in [6.45, 7) is 5.55. The Morgan fingerprint density at radius 1 is 0.790 bits per heavy atom. The molecule has 4 aromatic carbocycles. The van der Waals surface area contributed by atoms with Gasteiger partial charge in [-0.1, -0.05) is 97.4 Å². The minimum atomic E-state index is -5.08. The summed E-state index contributed by atoms with van der Waals surface area (Å²) in [6.07, 6.45) is -3.20. The normalized spacial score (nSPS) is 14.9. The number of carboxylic acid groups (broad SMARTS) is 2. The van der Waals surface area contributed by atoms with Crippen LogP contribution in [-0.4, -0.2) is 102 Å². The van der Waals surface area contributed by atoms with E-state index in [4.69, 9.17) is 31.4 Å². The third-order valence-electron chi connectivity index (χ3n) is 10.4. The molecule has 16 heteroatoms. The van der Waals surface area contributed by atoms with Crippen LogP contribution in [0.25, 0.3) is 10.9 Å². The van der Waals surface area contributed by atoms with Crippen LogP contribution in [0.1, 0.15) is 47.9 Å². The van der Waals surface area contributed by atoms with Gasteiger partial charge in [-0.2, -0.15) is 26.3 Å². The largest absolute Gasteiger partial charge is 0.490 e. The average Bonchev–Trinajstić information content (AvgIpc) is 3.65. The highest BCUT2D eigenvalue weighted by molar-refractivity contribution is 6.30. The Morgan fingerprint density at radius 3 is 1.79 bits per heavy atom. The highest BCUT2D eigenvalue weighted by Crippen LogP contribution is 2.37. The third-order valence-corrected chi connectivity index (χ3v) is 10.6. The number of rotatable bonds is 14. The number of carbonyl (C=O) groups is 3. The molecule has 0 bridgehead atoms. The van der Waals surface area contributed by atoms with Crippen molar-refractivity contribution in [2.24, 2.45) is 5.92 Å². The molecule has 0 saturated carbocycles. The third kappa shape index (κ3) is 14.6. The molecule has 334 valence electrons. The zero-order valence-electron chi connectivity index (χ0n) is 34.6. The summed E-state index contributed by atoms with van der Waals surface area (Å²) in [5, 5.41) is 16.2. The monoisotopic (exact) mass is 888 g/mol. The van der Waals surface area contributed by atoms with E-state index in [-0.39, 0.29) is 17.9 Å². The van der Waals surface area contributed by atoms with Gasteiger partial charge >= 0.3 is 24.3 Å². The van der Waals surface area contributed by atoms with Crippen molar-refractivity contribution in [2.45, 2.75) is 63.3 Å². The lowest BCUT2D eigenvalue weighted by molar-refractivity contribution is -0.193. The second-order valence-electron chi connectivity index (χ2n) is 15.4. The number of aromatic nitrogens is 1. The maximum Gasteiger partial charge on any atom is 0.490 e. The molecule has 1 amide bonds. The van der Waals surface area contributed by atoms with Crippen LogP contribution in [0.5, 0.6) is 0 Å². The first-order valence-corrected chi connectivity index (χ1v) is 20.4. The van der Waals surface area contributed by atoms with Crippen molar-refractivity contribution in [2.75, 3.05) is 45.2 Å². The summed E-state index contributed by atoms with van der Waals surface area (Å²) in [4.78, 5) is 43.5. The fraction of sp³-hybridized carbons (Fsp3) is 0.370. The number of aliphatic carboxylic acids is 2. The van der Waals surface area contributed by atoms with E-state index < -0.39 is 24.3 Å². The van der Waals surface area contributed by atoms with Crippen molar-refractivity contribution in [3.63, 3.8) is 0 Å². The van der Waals surface area contributed by atoms with Crippen molar-refractivity contribution in [1.29, 1.82) is 0 Å². The summed E-state index contributed by atoms with van der Waals surface area (Å²) in [7, 11) is 4.23. The number of hydrogen-bond acceptors (Lipinski definition) is 5. The molecule has 1 aliphatic heterocycles. The molecule has 0 spiro atoms. The zero-order valence-corrected chi connectivity index (χ0v) is 35.4. The van der Waals surface area contributed by atoms with Crippen LogP contribution in [0.3, 0.4) is 0 Å². The number of carbonyl (C=O) groups excluding carboxylic acids is 1. The van der Waals surface area contributed by atoms with Crippen molar-refractivity contribution in [3.05, 3.63) is 137 Å². The minimum absolute atomic E-state index is 0.0351. The SMILES string of the molecule is CC(c1c[nH]c2ccccc12)C(C(=O)N1C[C@@H](CN(C)C)Cc2cc(Cl)ccc21)N(CCCc1ccccc1)CCCc1ccccc1.O=C(O)C(F)(F)F.O=C(O)C(F)(F)F. The Balaban J connectivity index is 0.000000521. The Kier molecular flexibility index (Phi) is 18.0. The predicted molar refractivity (Wildman–Crippen MR) is 229 cm³/mol. The number of anilines is 1. The number of halogens is 7. The van der Waals surface area contributed by atoms with Crippen LogP contribution in [0, 0.1) is 5.92 Å². The minimum Gasteiger partial charge on any atom is -0.475 e. The molecular formula is C46H51ClF6N4O5. The summed E-state index contributed by atoms with van der Waals surface area (Å²) in [5.41, 5.74) is 7.13. The molecule has 2 heterocycles. The molecule has 5 aromatic rings. The molecule has 1 aliphatic rings. The van der Waals surface area contributed by atoms with Crippen molar-refractivity contribution in [3.8, 4) is 0 Å². The number of benzene rings is 4. The molecule has 3 atom stereocenters. The number of H-pyrrole nitrogens is 1. The number of fused-ring (bicyclic) bond motifs is 2. The number of alkyl halides is 6. The lowest BCUT2D eigenvalue weighted by atomic mass is 9.87. The van der Waals surface area contributed by atoms with Gasteiger partial charge in [0.05, 0.1) is 6.04 Å². The summed E-state index contributed by atoms with van der Waals surface area (Å²) in [5.74, 6) is -5.05. The van der Waals surface area contributed by atoms with Gasteiger partial charge in [-0.05, 0) is 112 Å². The molecule has 0 saturated heterocycles. The molecule has 2 unspecified atom stereocenters. The van der Waals surface area contributed by atoms with Gasteiger partial charge in [0.1, 0.15) is 0 Å². The zero-order chi connectivity index (χ0) is 45.6. The first-order valence-electron chi connectivity index (χ1n) is 20.0. The Bertz CT molecular complexity index is 2130. The number of aryl methyl sites for hydroxylation is 2. The Morgan fingerprint density at radius 2 is 1.29 bits per heavy atom. The summed E-state index contributed by atoms with van der Waals surface area (Å²) < 4.78 is 63.5. The van der Waals surface area contributed by atoms with Gasteiger partial charge in [0.15, 0.2) is 0 Å². The van der Waals surface area contributed by atoms with E-state index in [1.807, 2.05) is 6.07 Å². The van der Waals surface area contributed by atoms with Gasteiger partial charge in [0.25, 0.3) is 0 Å². The van der Waals surface area contributed by atoms with E-state index in [2.05, 4.69) is 144 Å². The van der Waals surface area contributed by atoms with Crippen LogP contribution in [0.2, 0.25) is 5.02 Å². The van der Waals surface area contributed by atoms with E-state index in [0.717, 1.165) is 73.5 Å². The molecule has 6 rings (SSSR count). The molecule has 62 heavy (non-hydrogen) atoms. The standard InChI is InChI=1S/C42H49ClN4O.2C2HF3O2/c1-31(38-28-44-39-21-11-10-20-37(38)39)41(42(48)47-30-34(29-45(2)3)26-35-27-36(43)22-23-40(35)47)46(24-12-18-32-14-6-4-7-15-32)25-13-19-33-16-8-5-9-17-33;2*3-2(4,5)1(6)7/h4-11,14-17,20-23,27-28,31,34,41,44H,12-13,18-19,24-26,29-30H2,1-3H3;2*(H,6,7)/t31?,34-,41?;;/m1../s1. The Labute approximate surface area is 361 Å². The Hall–Kier alpha value is -5.38. The average molecular weight is 889 g/mol. The molecule has 9 nitrogen and oxygen atoms in total. The van der Waals surface area contributed by atoms with Crippen LogP contribution < -0.4 is 4.90 Å². The number of nitrogens with zero attached hydrogens (tertiary/aromatic N) is 3. The van der Waals surface area contributed by atoms with Gasteiger partial charge in [-0.15, -0.1) is 0 Å². The smallest absolute Gasteiger partial charge is 0.475 e. The first-order chi connectivity index (χ1) is 29.3. The van der Waals surface area contributed by atoms with Crippen molar-refractivity contribution >= 4 is 46.0 Å². The number of para-hydroxylation sites is 1. The molecule has 0 aliphatic carbocycles. The maximum absolute atomic E-state index is 15.4.